The molecule has 1 aliphatic carbocycles. The molecule has 0 radical (unpaired) electrons. The maximum Gasteiger partial charge on any atom is 0.257 e. The molecule has 1 aromatic rings. The van der Waals surface area contributed by atoms with Crippen molar-refractivity contribution in [3.05, 3.63) is 29.3 Å². The first kappa shape index (κ1) is 15.8. The number of aliphatic hydroxyl groups excluding tert-OH is 1. The average Bonchev–Trinajstić information content (AvgIpc) is 2.46. The van der Waals surface area contributed by atoms with E-state index in [4.69, 9.17) is 4.74 Å². The molecule has 0 saturated heterocycles. The predicted molar refractivity (Wildman–Crippen MR) is 82.4 cm³/mol. The molecule has 1 amide bonds. The van der Waals surface area contributed by atoms with Gasteiger partial charge in [-0.25, -0.2) is 0 Å². The van der Waals surface area contributed by atoms with Crippen LogP contribution in [-0.2, 0) is 4.79 Å². The number of hydrogen-bond donors (Lipinski definition) is 2. The lowest BCUT2D eigenvalue weighted by molar-refractivity contribution is -0.123. The van der Waals surface area contributed by atoms with Crippen molar-refractivity contribution in [1.29, 1.82) is 0 Å². The molecule has 0 bridgehead atoms. The summed E-state index contributed by atoms with van der Waals surface area (Å²) in [6, 6.07) is 5.94. The minimum absolute atomic E-state index is 0.0566. The van der Waals surface area contributed by atoms with Crippen LogP contribution in [0.1, 0.15) is 36.8 Å². The van der Waals surface area contributed by atoms with Gasteiger partial charge in [0.15, 0.2) is 6.61 Å². The summed E-state index contributed by atoms with van der Waals surface area (Å²) in [4.78, 5) is 11.9. The molecule has 2 rings (SSSR count). The molecule has 0 atom stereocenters. The van der Waals surface area contributed by atoms with E-state index in [9.17, 15) is 9.90 Å². The molecular weight excluding hydrogens is 266 g/mol. The molecule has 1 aromatic carbocycles. The van der Waals surface area contributed by atoms with E-state index in [0.717, 1.165) is 42.6 Å². The highest BCUT2D eigenvalue weighted by Crippen LogP contribution is 2.24. The van der Waals surface area contributed by atoms with E-state index < -0.39 is 0 Å². The number of rotatable bonds is 5. The number of carbonyl (C=O) groups excluding carboxylic acids is 1. The van der Waals surface area contributed by atoms with Gasteiger partial charge in [-0.15, -0.1) is 0 Å². The van der Waals surface area contributed by atoms with Crippen molar-refractivity contribution < 1.29 is 14.6 Å². The zero-order chi connectivity index (χ0) is 15.2. The molecule has 0 unspecified atom stereocenters. The average molecular weight is 291 g/mol. The summed E-state index contributed by atoms with van der Waals surface area (Å²) in [5.41, 5.74) is 2.09. The zero-order valence-electron chi connectivity index (χ0n) is 12.9. The Labute approximate surface area is 126 Å². The number of benzene rings is 1. The second kappa shape index (κ2) is 7.46. The summed E-state index contributed by atoms with van der Waals surface area (Å²) < 4.78 is 5.63. The molecule has 0 aliphatic heterocycles. The van der Waals surface area contributed by atoms with Gasteiger partial charge in [-0.05, 0) is 56.6 Å². The van der Waals surface area contributed by atoms with Crippen molar-refractivity contribution in [1.82, 2.24) is 5.32 Å². The molecule has 4 nitrogen and oxygen atoms in total. The van der Waals surface area contributed by atoms with Crippen LogP contribution in [0.5, 0.6) is 5.75 Å². The summed E-state index contributed by atoms with van der Waals surface area (Å²) in [5, 5.41) is 12.4. The Morgan fingerprint density at radius 2 is 1.86 bits per heavy atom. The Morgan fingerprint density at radius 3 is 2.48 bits per heavy atom. The molecule has 116 valence electrons. The van der Waals surface area contributed by atoms with Gasteiger partial charge in [0, 0.05) is 6.54 Å². The van der Waals surface area contributed by atoms with Crippen molar-refractivity contribution in [2.45, 2.75) is 45.6 Å². The highest BCUT2D eigenvalue weighted by molar-refractivity contribution is 5.77. The van der Waals surface area contributed by atoms with Crippen LogP contribution in [0.2, 0.25) is 0 Å². The molecule has 4 heteroatoms. The van der Waals surface area contributed by atoms with Gasteiger partial charge < -0.3 is 15.2 Å². The Morgan fingerprint density at radius 1 is 1.24 bits per heavy atom. The predicted octanol–water partition coefficient (Wildman–Crippen LogP) is 2.35. The highest BCUT2D eigenvalue weighted by atomic mass is 16.5. The van der Waals surface area contributed by atoms with Crippen LogP contribution in [0.25, 0.3) is 0 Å². The first-order valence-corrected chi connectivity index (χ1v) is 7.70. The fourth-order valence-corrected chi connectivity index (χ4v) is 2.82. The fraction of sp³-hybridized carbons (Fsp3) is 0.588. The smallest absolute Gasteiger partial charge is 0.257 e. The lowest BCUT2D eigenvalue weighted by atomic mass is 9.87. The van der Waals surface area contributed by atoms with Gasteiger partial charge >= 0.3 is 0 Å². The standard InChI is InChI=1S/C17H25NO3/c1-12-4-3-5-13(2)17(12)21-11-16(20)18-10-14-6-8-15(19)9-7-14/h3-5,14-15,19H,6-11H2,1-2H3,(H,18,20). The van der Waals surface area contributed by atoms with Crippen LogP contribution in [-0.4, -0.2) is 30.3 Å². The van der Waals surface area contributed by atoms with E-state index >= 15 is 0 Å². The maximum absolute atomic E-state index is 11.9. The van der Waals surface area contributed by atoms with E-state index in [1.54, 1.807) is 0 Å². The van der Waals surface area contributed by atoms with Crippen LogP contribution in [0.4, 0.5) is 0 Å². The molecule has 2 N–H and O–H groups in total. The van der Waals surface area contributed by atoms with Crippen LogP contribution in [0, 0.1) is 19.8 Å². The van der Waals surface area contributed by atoms with E-state index in [1.165, 1.54) is 0 Å². The number of hydrogen-bond acceptors (Lipinski definition) is 3. The number of amides is 1. The van der Waals surface area contributed by atoms with E-state index in [1.807, 2.05) is 32.0 Å². The number of ether oxygens (including phenoxy) is 1. The topological polar surface area (TPSA) is 58.6 Å². The van der Waals surface area contributed by atoms with Gasteiger partial charge in [0.1, 0.15) is 5.75 Å². The maximum atomic E-state index is 11.9. The normalized spacial score (nSPS) is 21.9. The van der Waals surface area contributed by atoms with Crippen molar-refractivity contribution in [2.24, 2.45) is 5.92 Å². The Hall–Kier alpha value is -1.55. The summed E-state index contributed by atoms with van der Waals surface area (Å²) in [7, 11) is 0. The molecule has 1 fully saturated rings. The molecule has 0 heterocycles. The fourth-order valence-electron chi connectivity index (χ4n) is 2.82. The van der Waals surface area contributed by atoms with Crippen molar-refractivity contribution in [3.8, 4) is 5.75 Å². The number of aliphatic hydroxyl groups is 1. The monoisotopic (exact) mass is 291 g/mol. The Kier molecular flexibility index (Phi) is 5.62. The van der Waals surface area contributed by atoms with Gasteiger partial charge in [0.2, 0.25) is 0 Å². The van der Waals surface area contributed by atoms with E-state index in [2.05, 4.69) is 5.32 Å². The van der Waals surface area contributed by atoms with Crippen LogP contribution >= 0.6 is 0 Å². The molecule has 1 aliphatic rings. The minimum Gasteiger partial charge on any atom is -0.483 e. The minimum atomic E-state index is -0.149. The lowest BCUT2D eigenvalue weighted by Crippen LogP contribution is -2.35. The summed E-state index contributed by atoms with van der Waals surface area (Å²) in [5.74, 6) is 1.20. The molecule has 0 aromatic heterocycles. The number of para-hydroxylation sites is 1. The van der Waals surface area contributed by atoms with Crippen molar-refractivity contribution >= 4 is 5.91 Å². The van der Waals surface area contributed by atoms with Gasteiger partial charge in [0.05, 0.1) is 6.10 Å². The third kappa shape index (κ3) is 4.74. The number of nitrogens with one attached hydrogen (secondary N) is 1. The quantitative estimate of drug-likeness (QED) is 0.875. The van der Waals surface area contributed by atoms with Gasteiger partial charge in [0.25, 0.3) is 5.91 Å². The van der Waals surface area contributed by atoms with Crippen LogP contribution in [0.3, 0.4) is 0 Å². The third-order valence-corrected chi connectivity index (χ3v) is 4.16. The summed E-state index contributed by atoms with van der Waals surface area (Å²) in [6.45, 7) is 4.70. The Balaban J connectivity index is 1.73. The third-order valence-electron chi connectivity index (χ3n) is 4.16. The summed E-state index contributed by atoms with van der Waals surface area (Å²) in [6.07, 6.45) is 3.52. The second-order valence-electron chi connectivity index (χ2n) is 5.99. The first-order chi connectivity index (χ1) is 10.1. The van der Waals surface area contributed by atoms with Crippen molar-refractivity contribution in [3.63, 3.8) is 0 Å². The number of carbonyl (C=O) groups is 1. The largest absolute Gasteiger partial charge is 0.483 e. The summed E-state index contributed by atoms with van der Waals surface area (Å²) >= 11 is 0. The lowest BCUT2D eigenvalue weighted by Gasteiger charge is -2.25. The molecule has 0 spiro atoms. The van der Waals surface area contributed by atoms with Crippen LogP contribution < -0.4 is 10.1 Å². The van der Waals surface area contributed by atoms with Gasteiger partial charge in [-0.2, -0.15) is 0 Å². The first-order valence-electron chi connectivity index (χ1n) is 7.70. The SMILES string of the molecule is Cc1cccc(C)c1OCC(=O)NCC1CCC(O)CC1. The highest BCUT2D eigenvalue weighted by Gasteiger charge is 2.19. The van der Waals surface area contributed by atoms with Gasteiger partial charge in [-0.1, -0.05) is 18.2 Å². The molecular formula is C17H25NO3. The molecule has 1 saturated carbocycles. The number of aryl methyl sites for hydroxylation is 2. The van der Waals surface area contributed by atoms with E-state index in [-0.39, 0.29) is 18.6 Å². The zero-order valence-corrected chi connectivity index (χ0v) is 12.9. The Bertz CT molecular complexity index is 459. The van der Waals surface area contributed by atoms with E-state index in [0.29, 0.717) is 12.5 Å². The van der Waals surface area contributed by atoms with Gasteiger partial charge in [-0.3, -0.25) is 4.79 Å². The molecule has 21 heavy (non-hydrogen) atoms. The van der Waals surface area contributed by atoms with Crippen LogP contribution in [0.15, 0.2) is 18.2 Å². The second-order valence-corrected chi connectivity index (χ2v) is 5.99. The van der Waals surface area contributed by atoms with Crippen molar-refractivity contribution in [2.75, 3.05) is 13.2 Å².